The molecule has 5 heteroatoms. The van der Waals surface area contributed by atoms with E-state index in [4.69, 9.17) is 0 Å². The van der Waals surface area contributed by atoms with Crippen LogP contribution in [0.4, 0.5) is 4.39 Å². The van der Waals surface area contributed by atoms with Crippen molar-refractivity contribution in [2.75, 3.05) is 13.6 Å². The van der Waals surface area contributed by atoms with Crippen LogP contribution in [0.5, 0.6) is 0 Å². The lowest BCUT2D eigenvalue weighted by molar-refractivity contribution is -0.129. The van der Waals surface area contributed by atoms with Crippen LogP contribution >= 0.6 is 0 Å². The van der Waals surface area contributed by atoms with Crippen molar-refractivity contribution >= 4 is 5.91 Å². The molecule has 0 aliphatic carbocycles. The Morgan fingerprint density at radius 1 is 1.12 bits per heavy atom. The SMILES string of the molecule is CN(CCCc1cc(-c2ccccc2)n[nH]1)C(=O)Cc1cccc(F)c1. The lowest BCUT2D eigenvalue weighted by Gasteiger charge is -2.17. The number of benzene rings is 2. The molecular formula is C21H22FN3O. The molecule has 0 fully saturated rings. The fraction of sp³-hybridized carbons (Fsp3) is 0.238. The van der Waals surface area contributed by atoms with Crippen molar-refractivity contribution in [3.8, 4) is 11.3 Å². The molecule has 0 spiro atoms. The topological polar surface area (TPSA) is 49.0 Å². The van der Waals surface area contributed by atoms with Crippen LogP contribution < -0.4 is 0 Å². The Labute approximate surface area is 152 Å². The van der Waals surface area contributed by atoms with Gasteiger partial charge in [-0.25, -0.2) is 4.39 Å². The molecule has 0 atom stereocenters. The number of aryl methyl sites for hydroxylation is 1. The summed E-state index contributed by atoms with van der Waals surface area (Å²) in [5.41, 5.74) is 3.76. The molecular weight excluding hydrogens is 329 g/mol. The number of hydrogen-bond acceptors (Lipinski definition) is 2. The molecule has 0 aliphatic heterocycles. The van der Waals surface area contributed by atoms with E-state index in [1.165, 1.54) is 12.1 Å². The van der Waals surface area contributed by atoms with Gasteiger partial charge in [0.2, 0.25) is 5.91 Å². The average Bonchev–Trinajstić information content (AvgIpc) is 3.11. The van der Waals surface area contributed by atoms with E-state index in [1.807, 2.05) is 36.4 Å². The van der Waals surface area contributed by atoms with Crippen molar-refractivity contribution in [2.24, 2.45) is 0 Å². The first-order chi connectivity index (χ1) is 12.6. The van der Waals surface area contributed by atoms with Crippen LogP contribution in [-0.2, 0) is 17.6 Å². The number of nitrogens with zero attached hydrogens (tertiary/aromatic N) is 2. The second-order valence-corrected chi connectivity index (χ2v) is 6.37. The number of aromatic nitrogens is 2. The molecule has 26 heavy (non-hydrogen) atoms. The summed E-state index contributed by atoms with van der Waals surface area (Å²) in [4.78, 5) is 13.9. The lowest BCUT2D eigenvalue weighted by atomic mass is 10.1. The third kappa shape index (κ3) is 4.79. The molecule has 3 aromatic rings. The zero-order valence-electron chi connectivity index (χ0n) is 14.8. The largest absolute Gasteiger partial charge is 0.345 e. The van der Waals surface area contributed by atoms with Crippen molar-refractivity contribution in [3.63, 3.8) is 0 Å². The molecule has 2 aromatic carbocycles. The summed E-state index contributed by atoms with van der Waals surface area (Å²) in [5.74, 6) is -0.323. The van der Waals surface area contributed by atoms with Crippen LogP contribution in [0.3, 0.4) is 0 Å². The molecule has 0 aliphatic rings. The highest BCUT2D eigenvalue weighted by Crippen LogP contribution is 2.17. The van der Waals surface area contributed by atoms with E-state index in [9.17, 15) is 9.18 Å². The number of likely N-dealkylation sites (N-methyl/N-ethyl adjacent to an activating group) is 1. The molecule has 0 unspecified atom stereocenters. The fourth-order valence-corrected chi connectivity index (χ4v) is 2.83. The molecule has 0 bridgehead atoms. The van der Waals surface area contributed by atoms with Gasteiger partial charge in [-0.2, -0.15) is 5.10 Å². The van der Waals surface area contributed by atoms with E-state index in [0.29, 0.717) is 12.1 Å². The van der Waals surface area contributed by atoms with E-state index in [2.05, 4.69) is 10.2 Å². The third-order valence-corrected chi connectivity index (χ3v) is 4.31. The van der Waals surface area contributed by atoms with E-state index in [1.54, 1.807) is 24.1 Å². The van der Waals surface area contributed by atoms with Crippen molar-refractivity contribution in [1.29, 1.82) is 0 Å². The normalized spacial score (nSPS) is 10.7. The first kappa shape index (κ1) is 17.9. The summed E-state index contributed by atoms with van der Waals surface area (Å²) in [6, 6.07) is 18.2. The van der Waals surface area contributed by atoms with Crippen molar-refractivity contribution in [2.45, 2.75) is 19.3 Å². The van der Waals surface area contributed by atoms with E-state index < -0.39 is 0 Å². The first-order valence-corrected chi connectivity index (χ1v) is 8.70. The maximum absolute atomic E-state index is 13.2. The fourth-order valence-electron chi connectivity index (χ4n) is 2.83. The number of carbonyl (C=O) groups is 1. The zero-order valence-corrected chi connectivity index (χ0v) is 14.8. The molecule has 0 saturated heterocycles. The average molecular weight is 351 g/mol. The molecule has 0 radical (unpaired) electrons. The Bertz CT molecular complexity index is 860. The molecule has 1 amide bonds. The number of H-pyrrole nitrogens is 1. The molecule has 1 N–H and O–H groups in total. The highest BCUT2D eigenvalue weighted by molar-refractivity contribution is 5.78. The number of aromatic amines is 1. The van der Waals surface area contributed by atoms with Gasteiger partial charge in [-0.1, -0.05) is 42.5 Å². The van der Waals surface area contributed by atoms with Gasteiger partial charge in [0, 0.05) is 24.8 Å². The number of nitrogens with one attached hydrogen (secondary N) is 1. The van der Waals surface area contributed by atoms with Gasteiger partial charge in [-0.15, -0.1) is 0 Å². The first-order valence-electron chi connectivity index (χ1n) is 8.70. The Hall–Kier alpha value is -2.95. The monoisotopic (exact) mass is 351 g/mol. The molecule has 0 saturated carbocycles. The van der Waals surface area contributed by atoms with E-state index in [0.717, 1.165) is 29.8 Å². The third-order valence-electron chi connectivity index (χ3n) is 4.31. The lowest BCUT2D eigenvalue weighted by Crippen LogP contribution is -2.29. The van der Waals surface area contributed by atoms with Crippen LogP contribution in [0.2, 0.25) is 0 Å². The second kappa shape index (κ2) is 8.43. The highest BCUT2D eigenvalue weighted by atomic mass is 19.1. The summed E-state index contributed by atoms with van der Waals surface area (Å²) >= 11 is 0. The van der Waals surface area contributed by atoms with Crippen LogP contribution in [0.25, 0.3) is 11.3 Å². The van der Waals surface area contributed by atoms with Gasteiger partial charge < -0.3 is 4.90 Å². The molecule has 1 aromatic heterocycles. The van der Waals surface area contributed by atoms with Gasteiger partial charge in [0.25, 0.3) is 0 Å². The minimum absolute atomic E-state index is 0.00909. The Kier molecular flexibility index (Phi) is 5.79. The number of halogens is 1. The molecule has 134 valence electrons. The van der Waals surface area contributed by atoms with Gasteiger partial charge in [0.15, 0.2) is 0 Å². The van der Waals surface area contributed by atoms with Crippen LogP contribution in [-0.4, -0.2) is 34.6 Å². The molecule has 3 rings (SSSR count). The number of amides is 1. The number of rotatable bonds is 7. The predicted molar refractivity (Wildman–Crippen MR) is 100 cm³/mol. The Morgan fingerprint density at radius 2 is 1.92 bits per heavy atom. The zero-order chi connectivity index (χ0) is 18.4. The minimum atomic E-state index is -0.314. The number of carbonyl (C=O) groups excluding carboxylic acids is 1. The van der Waals surface area contributed by atoms with Gasteiger partial charge in [0.1, 0.15) is 5.82 Å². The van der Waals surface area contributed by atoms with E-state index in [-0.39, 0.29) is 18.1 Å². The molecule has 4 nitrogen and oxygen atoms in total. The van der Waals surface area contributed by atoms with Gasteiger partial charge >= 0.3 is 0 Å². The summed E-state index contributed by atoms with van der Waals surface area (Å²) in [6.45, 7) is 0.647. The van der Waals surface area contributed by atoms with Crippen molar-refractivity contribution in [3.05, 3.63) is 77.7 Å². The van der Waals surface area contributed by atoms with Gasteiger partial charge in [0.05, 0.1) is 12.1 Å². The van der Waals surface area contributed by atoms with Crippen LogP contribution in [0.15, 0.2) is 60.7 Å². The quantitative estimate of drug-likeness (QED) is 0.703. The number of hydrogen-bond donors (Lipinski definition) is 1. The maximum atomic E-state index is 13.2. The van der Waals surface area contributed by atoms with E-state index >= 15 is 0 Å². The summed E-state index contributed by atoms with van der Waals surface area (Å²) in [5, 5.41) is 7.40. The van der Waals surface area contributed by atoms with Crippen LogP contribution in [0.1, 0.15) is 17.7 Å². The standard InChI is InChI=1S/C21H22FN3O/c1-25(21(26)14-16-7-5-10-18(22)13-16)12-6-11-19-15-20(24-23-19)17-8-3-2-4-9-17/h2-5,7-10,13,15H,6,11-12,14H2,1H3,(H,23,24). The molecule has 1 heterocycles. The Balaban J connectivity index is 1.47. The highest BCUT2D eigenvalue weighted by Gasteiger charge is 2.10. The summed E-state index contributed by atoms with van der Waals surface area (Å²) in [7, 11) is 1.78. The minimum Gasteiger partial charge on any atom is -0.345 e. The second-order valence-electron chi connectivity index (χ2n) is 6.37. The summed E-state index contributed by atoms with van der Waals surface area (Å²) in [6.07, 6.45) is 1.87. The summed E-state index contributed by atoms with van der Waals surface area (Å²) < 4.78 is 13.2. The maximum Gasteiger partial charge on any atom is 0.226 e. The Morgan fingerprint density at radius 3 is 2.69 bits per heavy atom. The predicted octanol–water partition coefficient (Wildman–Crippen LogP) is 3.85. The van der Waals surface area contributed by atoms with Crippen molar-refractivity contribution in [1.82, 2.24) is 15.1 Å². The van der Waals surface area contributed by atoms with Crippen molar-refractivity contribution < 1.29 is 9.18 Å². The van der Waals surface area contributed by atoms with Gasteiger partial charge in [-0.3, -0.25) is 9.89 Å². The van der Waals surface area contributed by atoms with Gasteiger partial charge in [-0.05, 0) is 36.6 Å². The smallest absolute Gasteiger partial charge is 0.226 e. The van der Waals surface area contributed by atoms with Crippen LogP contribution in [0, 0.1) is 5.82 Å².